The van der Waals surface area contributed by atoms with Crippen molar-refractivity contribution in [3.8, 4) is 0 Å². The molecule has 2 rings (SSSR count). The van der Waals surface area contributed by atoms with Gasteiger partial charge >= 0.3 is 0 Å². The van der Waals surface area contributed by atoms with E-state index in [0.717, 1.165) is 28.7 Å². The lowest BCUT2D eigenvalue weighted by Crippen LogP contribution is -2.14. The molecule has 0 fully saturated rings. The summed E-state index contributed by atoms with van der Waals surface area (Å²) in [6.45, 7) is 0. The van der Waals surface area contributed by atoms with Gasteiger partial charge in [0.1, 0.15) is 11.6 Å². The molecule has 0 bridgehead atoms. The fourth-order valence-electron chi connectivity index (χ4n) is 1.77. The lowest BCUT2D eigenvalue weighted by atomic mass is 9.99. The first-order chi connectivity index (χ1) is 8.61. The standard InChI is InChI=1S/C14H13F2NS/c1-18-11-4-2-3-9(7-11)14(17)12-8-10(15)5-6-13(12)16/h2-8,14H,17H2,1H3/t14-/m0/s1. The van der Waals surface area contributed by atoms with Crippen LogP contribution in [-0.4, -0.2) is 6.26 Å². The van der Waals surface area contributed by atoms with Crippen LogP contribution in [0.15, 0.2) is 47.4 Å². The minimum Gasteiger partial charge on any atom is -0.320 e. The molecule has 0 aromatic heterocycles. The van der Waals surface area contributed by atoms with Crippen molar-refractivity contribution in [2.24, 2.45) is 5.73 Å². The van der Waals surface area contributed by atoms with Crippen molar-refractivity contribution in [2.45, 2.75) is 10.9 Å². The lowest BCUT2D eigenvalue weighted by Gasteiger charge is -2.14. The molecule has 0 amide bonds. The van der Waals surface area contributed by atoms with Gasteiger partial charge in [-0.2, -0.15) is 0 Å². The van der Waals surface area contributed by atoms with Crippen molar-refractivity contribution in [3.05, 3.63) is 65.2 Å². The molecule has 0 saturated heterocycles. The molecule has 0 aliphatic heterocycles. The molecule has 18 heavy (non-hydrogen) atoms. The van der Waals surface area contributed by atoms with Gasteiger partial charge in [0, 0.05) is 10.5 Å². The monoisotopic (exact) mass is 265 g/mol. The summed E-state index contributed by atoms with van der Waals surface area (Å²) >= 11 is 1.58. The summed E-state index contributed by atoms with van der Waals surface area (Å²) < 4.78 is 26.8. The SMILES string of the molecule is CSc1cccc([C@H](N)c2cc(F)ccc2F)c1. The van der Waals surface area contributed by atoms with Crippen LogP contribution in [0.25, 0.3) is 0 Å². The molecule has 1 atom stereocenters. The third kappa shape index (κ3) is 2.71. The molecule has 0 spiro atoms. The zero-order valence-electron chi connectivity index (χ0n) is 9.86. The highest BCUT2D eigenvalue weighted by Crippen LogP contribution is 2.25. The molecule has 2 aromatic carbocycles. The van der Waals surface area contributed by atoms with Crippen LogP contribution in [0.5, 0.6) is 0 Å². The number of hydrogen-bond acceptors (Lipinski definition) is 2. The molecule has 0 heterocycles. The van der Waals surface area contributed by atoms with E-state index in [9.17, 15) is 8.78 Å². The number of thioether (sulfide) groups is 1. The first-order valence-electron chi connectivity index (χ1n) is 5.46. The molecule has 94 valence electrons. The van der Waals surface area contributed by atoms with Gasteiger partial charge in [-0.05, 0) is 42.2 Å². The highest BCUT2D eigenvalue weighted by atomic mass is 32.2. The Morgan fingerprint density at radius 1 is 1.11 bits per heavy atom. The second kappa shape index (κ2) is 5.50. The van der Waals surface area contributed by atoms with Crippen LogP contribution >= 0.6 is 11.8 Å². The van der Waals surface area contributed by atoms with Crippen molar-refractivity contribution in [1.29, 1.82) is 0 Å². The topological polar surface area (TPSA) is 26.0 Å². The van der Waals surface area contributed by atoms with Crippen molar-refractivity contribution in [1.82, 2.24) is 0 Å². The smallest absolute Gasteiger partial charge is 0.128 e. The van der Waals surface area contributed by atoms with Gasteiger partial charge in [0.15, 0.2) is 0 Å². The van der Waals surface area contributed by atoms with Crippen molar-refractivity contribution in [2.75, 3.05) is 6.26 Å². The maximum Gasteiger partial charge on any atom is 0.128 e. The van der Waals surface area contributed by atoms with Crippen LogP contribution < -0.4 is 5.73 Å². The molecule has 0 unspecified atom stereocenters. The van der Waals surface area contributed by atoms with E-state index in [-0.39, 0.29) is 5.56 Å². The fraction of sp³-hybridized carbons (Fsp3) is 0.143. The van der Waals surface area contributed by atoms with Crippen LogP contribution in [-0.2, 0) is 0 Å². The van der Waals surface area contributed by atoms with E-state index in [1.54, 1.807) is 11.8 Å². The van der Waals surface area contributed by atoms with Crippen LogP contribution in [0.2, 0.25) is 0 Å². The average Bonchev–Trinajstić information content (AvgIpc) is 2.41. The first kappa shape index (κ1) is 13.1. The fourth-order valence-corrected chi connectivity index (χ4v) is 2.24. The van der Waals surface area contributed by atoms with E-state index in [1.165, 1.54) is 0 Å². The Kier molecular flexibility index (Phi) is 3.99. The number of halogens is 2. The molecular weight excluding hydrogens is 252 g/mol. The zero-order chi connectivity index (χ0) is 13.1. The summed E-state index contributed by atoms with van der Waals surface area (Å²) in [5, 5.41) is 0. The van der Waals surface area contributed by atoms with Gasteiger partial charge in [-0.15, -0.1) is 11.8 Å². The quantitative estimate of drug-likeness (QED) is 0.856. The Bertz CT molecular complexity index is 557. The van der Waals surface area contributed by atoms with Crippen LogP contribution in [0, 0.1) is 11.6 Å². The zero-order valence-corrected chi connectivity index (χ0v) is 10.7. The molecule has 1 nitrogen and oxygen atoms in total. The Hall–Kier alpha value is -1.39. The third-order valence-corrected chi connectivity index (χ3v) is 3.47. The molecule has 0 radical (unpaired) electrons. The average molecular weight is 265 g/mol. The van der Waals surface area contributed by atoms with Crippen molar-refractivity contribution < 1.29 is 8.78 Å². The second-order valence-corrected chi connectivity index (χ2v) is 4.80. The number of rotatable bonds is 3. The highest BCUT2D eigenvalue weighted by molar-refractivity contribution is 7.98. The Morgan fingerprint density at radius 2 is 1.89 bits per heavy atom. The van der Waals surface area contributed by atoms with E-state index in [1.807, 2.05) is 30.5 Å². The molecule has 0 aliphatic rings. The number of hydrogen-bond donors (Lipinski definition) is 1. The molecule has 0 aliphatic carbocycles. The van der Waals surface area contributed by atoms with Gasteiger partial charge < -0.3 is 5.73 Å². The maximum atomic E-state index is 13.6. The largest absolute Gasteiger partial charge is 0.320 e. The molecular formula is C14H13F2NS. The normalized spacial score (nSPS) is 12.4. The van der Waals surface area contributed by atoms with E-state index in [0.29, 0.717) is 0 Å². The third-order valence-electron chi connectivity index (χ3n) is 2.75. The van der Waals surface area contributed by atoms with Crippen LogP contribution in [0.3, 0.4) is 0 Å². The summed E-state index contributed by atoms with van der Waals surface area (Å²) in [6.07, 6.45) is 1.95. The number of benzene rings is 2. The highest BCUT2D eigenvalue weighted by Gasteiger charge is 2.14. The van der Waals surface area contributed by atoms with E-state index in [4.69, 9.17) is 5.73 Å². The summed E-state index contributed by atoms with van der Waals surface area (Å²) in [6, 6.07) is 10.2. The van der Waals surface area contributed by atoms with E-state index < -0.39 is 17.7 Å². The summed E-state index contributed by atoms with van der Waals surface area (Å²) in [7, 11) is 0. The molecule has 4 heteroatoms. The van der Waals surface area contributed by atoms with Gasteiger partial charge in [0.2, 0.25) is 0 Å². The number of nitrogens with two attached hydrogens (primary N) is 1. The van der Waals surface area contributed by atoms with Gasteiger partial charge in [0.05, 0.1) is 6.04 Å². The Morgan fingerprint density at radius 3 is 2.61 bits per heavy atom. The van der Waals surface area contributed by atoms with Gasteiger partial charge in [-0.1, -0.05) is 12.1 Å². The Balaban J connectivity index is 2.40. The van der Waals surface area contributed by atoms with E-state index >= 15 is 0 Å². The summed E-state index contributed by atoms with van der Waals surface area (Å²) in [5.41, 5.74) is 6.94. The van der Waals surface area contributed by atoms with Crippen LogP contribution in [0.4, 0.5) is 8.78 Å². The molecule has 0 saturated carbocycles. The van der Waals surface area contributed by atoms with Crippen LogP contribution in [0.1, 0.15) is 17.2 Å². The minimum atomic E-state index is -0.659. The second-order valence-electron chi connectivity index (χ2n) is 3.92. The molecule has 2 aromatic rings. The van der Waals surface area contributed by atoms with Gasteiger partial charge in [-0.25, -0.2) is 8.78 Å². The maximum absolute atomic E-state index is 13.6. The van der Waals surface area contributed by atoms with Crippen molar-refractivity contribution >= 4 is 11.8 Å². The lowest BCUT2D eigenvalue weighted by molar-refractivity contribution is 0.576. The predicted molar refractivity (Wildman–Crippen MR) is 70.6 cm³/mol. The Labute approximate surface area is 109 Å². The van der Waals surface area contributed by atoms with Gasteiger partial charge in [-0.3, -0.25) is 0 Å². The molecule has 2 N–H and O–H groups in total. The summed E-state index contributed by atoms with van der Waals surface area (Å²) in [5.74, 6) is -0.971. The first-order valence-corrected chi connectivity index (χ1v) is 6.69. The van der Waals surface area contributed by atoms with Gasteiger partial charge in [0.25, 0.3) is 0 Å². The predicted octanol–water partition coefficient (Wildman–Crippen LogP) is 3.73. The van der Waals surface area contributed by atoms with Crippen molar-refractivity contribution in [3.63, 3.8) is 0 Å². The van der Waals surface area contributed by atoms with E-state index in [2.05, 4.69) is 0 Å². The minimum absolute atomic E-state index is 0.174. The summed E-state index contributed by atoms with van der Waals surface area (Å²) in [4.78, 5) is 1.04.